The van der Waals surface area contributed by atoms with Gasteiger partial charge < -0.3 is 4.42 Å². The van der Waals surface area contributed by atoms with Crippen molar-refractivity contribution in [3.05, 3.63) is 223 Å². The summed E-state index contributed by atoms with van der Waals surface area (Å²) in [5.41, 5.74) is 18.5. The van der Waals surface area contributed by atoms with Gasteiger partial charge in [-0.15, -0.1) is 0 Å². The summed E-state index contributed by atoms with van der Waals surface area (Å²) in [5, 5.41) is 2.20. The van der Waals surface area contributed by atoms with Gasteiger partial charge in [-0.05, 0) is 109 Å². The van der Waals surface area contributed by atoms with Crippen LogP contribution in [0.4, 0.5) is 0 Å². The molecule has 0 bridgehead atoms. The van der Waals surface area contributed by atoms with Crippen molar-refractivity contribution in [3.8, 4) is 89.8 Å². The van der Waals surface area contributed by atoms with Crippen molar-refractivity contribution in [3.63, 3.8) is 0 Å². The fraction of sp³-hybridized carbons (Fsp3) is 0.0500. The molecule has 0 saturated carbocycles. The monoisotopic (exact) mass is 819 g/mol. The number of aromatic nitrogens is 3. The van der Waals surface area contributed by atoms with E-state index in [0.29, 0.717) is 17.5 Å². The fourth-order valence-corrected chi connectivity index (χ4v) is 9.66. The Morgan fingerprint density at radius 1 is 0.312 bits per heavy atom. The Labute approximate surface area is 372 Å². The second-order valence-electron chi connectivity index (χ2n) is 17.2. The Hall–Kier alpha value is -8.21. The molecule has 64 heavy (non-hydrogen) atoms. The molecule has 2 heterocycles. The van der Waals surface area contributed by atoms with E-state index >= 15 is 0 Å². The molecule has 1 aliphatic rings. The highest BCUT2D eigenvalue weighted by atomic mass is 16.3. The number of benzene rings is 9. The van der Waals surface area contributed by atoms with Crippen LogP contribution in [0.2, 0.25) is 0 Å². The Morgan fingerprint density at radius 2 is 0.766 bits per heavy atom. The van der Waals surface area contributed by atoms with E-state index in [2.05, 4.69) is 220 Å². The van der Waals surface area contributed by atoms with E-state index in [1.165, 1.54) is 33.4 Å². The molecule has 0 N–H and O–H groups in total. The van der Waals surface area contributed by atoms with E-state index < -0.39 is 0 Å². The lowest BCUT2D eigenvalue weighted by Crippen LogP contribution is -2.15. The van der Waals surface area contributed by atoms with Crippen LogP contribution < -0.4 is 0 Å². The molecule has 0 atom stereocenters. The first-order chi connectivity index (χ1) is 31.4. The summed E-state index contributed by atoms with van der Waals surface area (Å²) < 4.78 is 6.61. The standard InChI is InChI=1S/C60H41N3O/c1-60(2)52-27-10-9-25-49(52)50-31-30-47(36-53(50)60)59-62-57(45-23-12-20-41(34-45)39-17-7-4-8-18-39)61-58(63-59)46-24-13-21-42(35-46)43-29-32-51-55(37-43)64-54-28-14-26-48(56(51)54)44-22-11-19-40(33-44)38-15-5-3-6-16-38/h3-37H,1-2H3. The quantitative estimate of drug-likeness (QED) is 0.161. The molecule has 0 fully saturated rings. The maximum absolute atomic E-state index is 6.61. The van der Waals surface area contributed by atoms with Crippen LogP contribution in [-0.4, -0.2) is 15.0 Å². The summed E-state index contributed by atoms with van der Waals surface area (Å²) in [4.78, 5) is 15.7. The second kappa shape index (κ2) is 15.0. The molecule has 302 valence electrons. The van der Waals surface area contributed by atoms with Crippen LogP contribution in [0.15, 0.2) is 217 Å². The lowest BCUT2D eigenvalue weighted by atomic mass is 9.82. The third-order valence-electron chi connectivity index (χ3n) is 12.9. The molecule has 0 saturated heterocycles. The highest BCUT2D eigenvalue weighted by Gasteiger charge is 2.35. The van der Waals surface area contributed by atoms with Crippen molar-refractivity contribution in [1.29, 1.82) is 0 Å². The van der Waals surface area contributed by atoms with E-state index in [-0.39, 0.29) is 5.41 Å². The van der Waals surface area contributed by atoms with E-state index in [4.69, 9.17) is 19.4 Å². The zero-order chi connectivity index (χ0) is 42.8. The summed E-state index contributed by atoms with van der Waals surface area (Å²) >= 11 is 0. The molecule has 0 aliphatic heterocycles. The number of nitrogens with zero attached hydrogens (tertiary/aromatic N) is 3. The third-order valence-corrected chi connectivity index (χ3v) is 12.9. The number of fused-ring (bicyclic) bond motifs is 6. The van der Waals surface area contributed by atoms with Crippen molar-refractivity contribution >= 4 is 21.9 Å². The molecule has 4 heteroatoms. The van der Waals surface area contributed by atoms with E-state index in [1.54, 1.807) is 0 Å². The minimum absolute atomic E-state index is 0.158. The first-order valence-electron chi connectivity index (χ1n) is 21.8. The normalized spacial score (nSPS) is 12.7. The lowest BCUT2D eigenvalue weighted by molar-refractivity contribution is 0.660. The van der Waals surface area contributed by atoms with Gasteiger partial charge in [-0.1, -0.05) is 184 Å². The minimum Gasteiger partial charge on any atom is -0.456 e. The zero-order valence-corrected chi connectivity index (χ0v) is 35.5. The van der Waals surface area contributed by atoms with Gasteiger partial charge in [0.25, 0.3) is 0 Å². The van der Waals surface area contributed by atoms with Gasteiger partial charge in [0.1, 0.15) is 11.2 Å². The van der Waals surface area contributed by atoms with Crippen molar-refractivity contribution < 1.29 is 4.42 Å². The molecule has 4 nitrogen and oxygen atoms in total. The fourth-order valence-electron chi connectivity index (χ4n) is 9.66. The predicted molar refractivity (Wildman–Crippen MR) is 263 cm³/mol. The Balaban J connectivity index is 0.955. The smallest absolute Gasteiger partial charge is 0.164 e. The predicted octanol–water partition coefficient (Wildman–Crippen LogP) is 15.7. The molecule has 11 aromatic rings. The molecule has 0 amide bonds. The number of rotatable bonds is 7. The molecule has 0 radical (unpaired) electrons. The number of hydrogen-bond acceptors (Lipinski definition) is 4. The zero-order valence-electron chi connectivity index (χ0n) is 35.5. The molecular weight excluding hydrogens is 779 g/mol. The topological polar surface area (TPSA) is 51.8 Å². The van der Waals surface area contributed by atoms with Crippen molar-refractivity contribution in [1.82, 2.24) is 15.0 Å². The van der Waals surface area contributed by atoms with Gasteiger partial charge in [-0.2, -0.15) is 0 Å². The highest BCUT2D eigenvalue weighted by Crippen LogP contribution is 2.49. The van der Waals surface area contributed by atoms with Gasteiger partial charge in [0, 0.05) is 32.9 Å². The summed E-state index contributed by atoms with van der Waals surface area (Å²) in [6.07, 6.45) is 0. The number of furan rings is 1. The van der Waals surface area contributed by atoms with Gasteiger partial charge in [0.2, 0.25) is 0 Å². The van der Waals surface area contributed by atoms with Crippen LogP contribution in [0, 0.1) is 0 Å². The maximum Gasteiger partial charge on any atom is 0.164 e. The van der Waals surface area contributed by atoms with Crippen molar-refractivity contribution in [2.75, 3.05) is 0 Å². The van der Waals surface area contributed by atoms with Crippen LogP contribution in [0.1, 0.15) is 25.0 Å². The summed E-state index contributed by atoms with van der Waals surface area (Å²) in [6, 6.07) is 74.9. The average molecular weight is 820 g/mol. The molecule has 0 unspecified atom stereocenters. The van der Waals surface area contributed by atoms with Gasteiger partial charge in [-0.3, -0.25) is 0 Å². The minimum atomic E-state index is -0.158. The maximum atomic E-state index is 6.61. The molecule has 12 rings (SSSR count). The lowest BCUT2D eigenvalue weighted by Gasteiger charge is -2.21. The average Bonchev–Trinajstić information content (AvgIpc) is 3.85. The van der Waals surface area contributed by atoms with Crippen LogP contribution in [-0.2, 0) is 5.41 Å². The summed E-state index contributed by atoms with van der Waals surface area (Å²) in [5.74, 6) is 1.88. The van der Waals surface area contributed by atoms with Gasteiger partial charge in [-0.25, -0.2) is 15.0 Å². The van der Waals surface area contributed by atoms with Gasteiger partial charge >= 0.3 is 0 Å². The summed E-state index contributed by atoms with van der Waals surface area (Å²) in [7, 11) is 0. The first-order valence-corrected chi connectivity index (χ1v) is 21.8. The van der Waals surface area contributed by atoms with Crippen LogP contribution in [0.3, 0.4) is 0 Å². The van der Waals surface area contributed by atoms with Crippen molar-refractivity contribution in [2.45, 2.75) is 19.3 Å². The molecule has 1 aliphatic carbocycles. The van der Waals surface area contributed by atoms with Crippen molar-refractivity contribution in [2.24, 2.45) is 0 Å². The van der Waals surface area contributed by atoms with Gasteiger partial charge in [0.15, 0.2) is 17.5 Å². The second-order valence-corrected chi connectivity index (χ2v) is 17.2. The van der Waals surface area contributed by atoms with Gasteiger partial charge in [0.05, 0.1) is 0 Å². The molecule has 0 spiro atoms. The van der Waals surface area contributed by atoms with Crippen LogP contribution in [0.25, 0.3) is 112 Å². The molecule has 9 aromatic carbocycles. The Bertz CT molecular complexity index is 3590. The molecular formula is C60H41N3O. The first kappa shape index (κ1) is 37.5. The van der Waals surface area contributed by atoms with E-state index in [1.807, 2.05) is 6.07 Å². The molecule has 2 aromatic heterocycles. The highest BCUT2D eigenvalue weighted by molar-refractivity contribution is 6.13. The Kier molecular flexibility index (Phi) is 8.80. The Morgan fingerprint density at radius 3 is 1.42 bits per heavy atom. The third kappa shape index (κ3) is 6.42. The number of hydrogen-bond donors (Lipinski definition) is 0. The summed E-state index contributed by atoms with van der Waals surface area (Å²) in [6.45, 7) is 4.61. The van der Waals surface area contributed by atoms with E-state index in [0.717, 1.165) is 72.0 Å². The SMILES string of the molecule is CC1(C)c2ccccc2-c2ccc(-c3nc(-c4cccc(-c5ccccc5)c4)nc(-c4cccc(-c5ccc6c(c5)oc5cccc(-c7cccc(-c8ccccc8)c7)c56)c4)n3)cc21. The largest absolute Gasteiger partial charge is 0.456 e. The van der Waals surface area contributed by atoms with Crippen LogP contribution in [0.5, 0.6) is 0 Å². The van der Waals surface area contributed by atoms with E-state index in [9.17, 15) is 0 Å². The van der Waals surface area contributed by atoms with Crippen LogP contribution >= 0.6 is 0 Å².